The van der Waals surface area contributed by atoms with E-state index in [-0.39, 0.29) is 5.41 Å². The van der Waals surface area contributed by atoms with Crippen LogP contribution >= 0.6 is 0 Å². The van der Waals surface area contributed by atoms with Crippen molar-refractivity contribution in [2.45, 2.75) is 31.1 Å². The zero-order chi connectivity index (χ0) is 19.1. The van der Waals surface area contributed by atoms with E-state index in [0.29, 0.717) is 5.96 Å². The van der Waals surface area contributed by atoms with E-state index in [1.807, 2.05) is 18.2 Å². The maximum absolute atomic E-state index is 6.10. The number of aliphatic imine (C=N–C) groups is 1. The maximum Gasteiger partial charge on any atom is 0.188 e. The number of benzene rings is 2. The Kier molecular flexibility index (Phi) is 6.22. The molecule has 5 nitrogen and oxygen atoms in total. The number of guanidine groups is 1. The lowest BCUT2D eigenvalue weighted by Gasteiger charge is -2.41. The summed E-state index contributed by atoms with van der Waals surface area (Å²) in [6.45, 7) is 1.47. The molecule has 0 radical (unpaired) electrons. The van der Waals surface area contributed by atoms with E-state index in [0.717, 1.165) is 36.6 Å². The Labute approximate surface area is 161 Å². The maximum atomic E-state index is 6.10. The highest BCUT2D eigenvalue weighted by molar-refractivity contribution is 5.77. The number of ether oxygens (including phenoxy) is 2. The summed E-state index contributed by atoms with van der Waals surface area (Å²) in [4.78, 5) is 4.63. The van der Waals surface area contributed by atoms with Crippen molar-refractivity contribution >= 4 is 5.96 Å². The van der Waals surface area contributed by atoms with Gasteiger partial charge in [-0.05, 0) is 42.5 Å². The van der Waals surface area contributed by atoms with Gasteiger partial charge in [-0.1, -0.05) is 42.8 Å². The molecule has 3 rings (SSSR count). The topological polar surface area (TPSA) is 68.9 Å². The van der Waals surface area contributed by atoms with Crippen molar-refractivity contribution in [2.24, 2.45) is 10.7 Å². The molecular weight excluding hydrogens is 338 g/mol. The number of hydrogen-bond acceptors (Lipinski definition) is 3. The molecule has 144 valence electrons. The molecule has 1 fully saturated rings. The van der Waals surface area contributed by atoms with Gasteiger partial charge in [-0.2, -0.15) is 0 Å². The van der Waals surface area contributed by atoms with Gasteiger partial charge in [0.2, 0.25) is 0 Å². The second kappa shape index (κ2) is 8.80. The normalized spacial score (nSPS) is 15.7. The zero-order valence-corrected chi connectivity index (χ0v) is 16.2. The zero-order valence-electron chi connectivity index (χ0n) is 16.2. The molecule has 0 spiro atoms. The van der Waals surface area contributed by atoms with Crippen LogP contribution in [0.2, 0.25) is 0 Å². The third-order valence-electron chi connectivity index (χ3n) is 5.42. The molecule has 0 heterocycles. The summed E-state index contributed by atoms with van der Waals surface area (Å²) in [5.74, 6) is 1.99. The third kappa shape index (κ3) is 4.54. The summed E-state index contributed by atoms with van der Waals surface area (Å²) in [6.07, 6.45) is 4.45. The minimum Gasteiger partial charge on any atom is -0.493 e. The molecule has 27 heavy (non-hydrogen) atoms. The Bertz CT molecular complexity index is 770. The van der Waals surface area contributed by atoms with E-state index in [1.165, 1.54) is 24.8 Å². The highest BCUT2D eigenvalue weighted by Gasteiger charge is 2.38. The van der Waals surface area contributed by atoms with E-state index >= 15 is 0 Å². The SMILES string of the molecule is COc1ccc(CCNC(N)=NCC2(c3ccccc3)CCC2)cc1OC. The number of hydrogen-bond donors (Lipinski definition) is 2. The first kappa shape index (κ1) is 19.1. The summed E-state index contributed by atoms with van der Waals surface area (Å²) >= 11 is 0. The summed E-state index contributed by atoms with van der Waals surface area (Å²) < 4.78 is 10.6. The van der Waals surface area contributed by atoms with Crippen LogP contribution in [0.5, 0.6) is 11.5 Å². The highest BCUT2D eigenvalue weighted by Crippen LogP contribution is 2.43. The van der Waals surface area contributed by atoms with E-state index in [2.05, 4.69) is 40.6 Å². The Morgan fingerprint density at radius 3 is 2.44 bits per heavy atom. The first-order valence-electron chi connectivity index (χ1n) is 9.47. The van der Waals surface area contributed by atoms with Gasteiger partial charge < -0.3 is 20.5 Å². The summed E-state index contributed by atoms with van der Waals surface area (Å²) in [5.41, 5.74) is 8.79. The number of nitrogens with two attached hydrogens (primary N) is 1. The molecule has 1 aliphatic rings. The summed E-state index contributed by atoms with van der Waals surface area (Å²) in [6, 6.07) is 16.6. The Hall–Kier alpha value is -2.69. The average molecular weight is 367 g/mol. The van der Waals surface area contributed by atoms with Gasteiger partial charge in [0.25, 0.3) is 0 Å². The highest BCUT2D eigenvalue weighted by atomic mass is 16.5. The molecule has 1 aliphatic carbocycles. The van der Waals surface area contributed by atoms with Gasteiger partial charge in [-0.15, -0.1) is 0 Å². The quantitative estimate of drug-likeness (QED) is 0.555. The van der Waals surface area contributed by atoms with E-state index < -0.39 is 0 Å². The molecule has 0 saturated heterocycles. The number of nitrogens with zero attached hydrogens (tertiary/aromatic N) is 1. The molecule has 0 aliphatic heterocycles. The Morgan fingerprint density at radius 1 is 1.07 bits per heavy atom. The van der Waals surface area contributed by atoms with Gasteiger partial charge in [0, 0.05) is 12.0 Å². The predicted octanol–water partition coefficient (Wildman–Crippen LogP) is 3.27. The van der Waals surface area contributed by atoms with Crippen LogP contribution in [0.3, 0.4) is 0 Å². The van der Waals surface area contributed by atoms with Crippen LogP contribution < -0.4 is 20.5 Å². The van der Waals surface area contributed by atoms with Crippen molar-refractivity contribution in [1.82, 2.24) is 5.32 Å². The number of methoxy groups -OCH3 is 2. The van der Waals surface area contributed by atoms with Crippen molar-refractivity contribution in [3.63, 3.8) is 0 Å². The standard InChI is InChI=1S/C22H29N3O2/c1-26-19-10-9-17(15-20(19)27-2)11-14-24-21(23)25-16-22(12-6-13-22)18-7-4-3-5-8-18/h3-5,7-10,15H,6,11-14,16H2,1-2H3,(H3,23,24,25). The van der Waals surface area contributed by atoms with Crippen LogP contribution in [0.1, 0.15) is 30.4 Å². The second-order valence-electron chi connectivity index (χ2n) is 7.07. The molecule has 0 bridgehead atoms. The molecule has 1 saturated carbocycles. The van der Waals surface area contributed by atoms with Crippen LogP contribution in [-0.2, 0) is 11.8 Å². The van der Waals surface area contributed by atoms with Crippen molar-refractivity contribution in [3.8, 4) is 11.5 Å². The minimum absolute atomic E-state index is 0.164. The lowest BCUT2D eigenvalue weighted by molar-refractivity contribution is 0.253. The molecule has 0 amide bonds. The van der Waals surface area contributed by atoms with Gasteiger partial charge >= 0.3 is 0 Å². The van der Waals surface area contributed by atoms with Crippen LogP contribution in [-0.4, -0.2) is 33.3 Å². The fourth-order valence-electron chi connectivity index (χ4n) is 3.60. The predicted molar refractivity (Wildman–Crippen MR) is 110 cm³/mol. The fourth-order valence-corrected chi connectivity index (χ4v) is 3.60. The smallest absolute Gasteiger partial charge is 0.188 e. The molecule has 0 aromatic heterocycles. The van der Waals surface area contributed by atoms with Crippen LogP contribution in [0, 0.1) is 0 Å². The average Bonchev–Trinajstić information content (AvgIpc) is 2.68. The molecule has 2 aromatic carbocycles. The molecule has 0 unspecified atom stereocenters. The second-order valence-corrected chi connectivity index (χ2v) is 7.07. The van der Waals surface area contributed by atoms with Crippen LogP contribution in [0.15, 0.2) is 53.5 Å². The lowest BCUT2D eigenvalue weighted by Crippen LogP contribution is -2.40. The van der Waals surface area contributed by atoms with Gasteiger partial charge in [0.05, 0.1) is 20.8 Å². The van der Waals surface area contributed by atoms with Crippen molar-refractivity contribution in [3.05, 3.63) is 59.7 Å². The first-order valence-corrected chi connectivity index (χ1v) is 9.47. The number of rotatable bonds is 8. The van der Waals surface area contributed by atoms with Gasteiger partial charge in [0.1, 0.15) is 0 Å². The molecule has 3 N–H and O–H groups in total. The molecule has 2 aromatic rings. The van der Waals surface area contributed by atoms with Crippen molar-refractivity contribution in [2.75, 3.05) is 27.3 Å². The van der Waals surface area contributed by atoms with Crippen LogP contribution in [0.4, 0.5) is 0 Å². The fraction of sp³-hybridized carbons (Fsp3) is 0.409. The molecular formula is C22H29N3O2. The largest absolute Gasteiger partial charge is 0.493 e. The van der Waals surface area contributed by atoms with Crippen molar-refractivity contribution < 1.29 is 9.47 Å². The monoisotopic (exact) mass is 367 g/mol. The van der Waals surface area contributed by atoms with E-state index in [1.54, 1.807) is 14.2 Å². The van der Waals surface area contributed by atoms with Gasteiger partial charge in [0.15, 0.2) is 17.5 Å². The third-order valence-corrected chi connectivity index (χ3v) is 5.42. The Balaban J connectivity index is 1.53. The minimum atomic E-state index is 0.164. The van der Waals surface area contributed by atoms with E-state index in [9.17, 15) is 0 Å². The summed E-state index contributed by atoms with van der Waals surface area (Å²) in [7, 11) is 3.29. The first-order chi connectivity index (χ1) is 13.2. The molecule has 5 heteroatoms. The Morgan fingerprint density at radius 2 is 1.81 bits per heavy atom. The van der Waals surface area contributed by atoms with Crippen LogP contribution in [0.25, 0.3) is 0 Å². The lowest BCUT2D eigenvalue weighted by atomic mass is 9.64. The summed E-state index contributed by atoms with van der Waals surface area (Å²) in [5, 5.41) is 3.23. The molecule has 0 atom stereocenters. The van der Waals surface area contributed by atoms with Gasteiger partial charge in [-0.25, -0.2) is 0 Å². The van der Waals surface area contributed by atoms with E-state index in [4.69, 9.17) is 15.2 Å². The number of nitrogens with one attached hydrogen (secondary N) is 1. The van der Waals surface area contributed by atoms with Crippen molar-refractivity contribution in [1.29, 1.82) is 0 Å². The van der Waals surface area contributed by atoms with Gasteiger partial charge in [-0.3, -0.25) is 4.99 Å².